The van der Waals surface area contributed by atoms with Gasteiger partial charge in [0.25, 0.3) is 0 Å². The lowest BCUT2D eigenvalue weighted by Crippen LogP contribution is -2.42. The van der Waals surface area contributed by atoms with E-state index >= 15 is 0 Å². The number of likely N-dealkylation sites (tertiary alicyclic amines) is 1. The lowest BCUT2D eigenvalue weighted by molar-refractivity contribution is 0.0315. The fourth-order valence-corrected chi connectivity index (χ4v) is 4.78. The van der Waals surface area contributed by atoms with E-state index in [2.05, 4.69) is 22.0 Å². The van der Waals surface area contributed by atoms with Crippen LogP contribution in [-0.4, -0.2) is 74.8 Å². The van der Waals surface area contributed by atoms with Gasteiger partial charge in [-0.05, 0) is 31.6 Å². The Hall–Kier alpha value is -0.0800. The van der Waals surface area contributed by atoms with Crippen molar-refractivity contribution in [2.45, 2.75) is 58.3 Å². The molecular weight excluding hydrogens is 451 g/mol. The second kappa shape index (κ2) is 13.2. The second-order valence-electron chi connectivity index (χ2n) is 8.40. The minimum Gasteiger partial charge on any atom is -0.379 e. The molecule has 0 spiro atoms. The Morgan fingerprint density at radius 1 is 1.04 bits per heavy atom. The van der Waals surface area contributed by atoms with E-state index in [0.717, 1.165) is 70.3 Å². The fraction of sp³-hybridized carbons (Fsp3) is 0.952. The van der Waals surface area contributed by atoms with Crippen LogP contribution in [0.15, 0.2) is 4.99 Å². The SMILES string of the molecule is CCNC(=NCCCCC1CCCC1)N1CCC(CN2CCOCC2)C1.I. The van der Waals surface area contributed by atoms with Crippen molar-refractivity contribution in [1.82, 2.24) is 15.1 Å². The number of aliphatic imine (C=N–C) groups is 1. The summed E-state index contributed by atoms with van der Waals surface area (Å²) in [5.74, 6) is 2.95. The van der Waals surface area contributed by atoms with E-state index in [-0.39, 0.29) is 24.0 Å². The molecule has 158 valence electrons. The first kappa shape index (κ1) is 23.2. The summed E-state index contributed by atoms with van der Waals surface area (Å²) < 4.78 is 5.47. The molecule has 0 aromatic heterocycles. The highest BCUT2D eigenvalue weighted by Crippen LogP contribution is 2.28. The summed E-state index contributed by atoms with van der Waals surface area (Å²) in [6, 6.07) is 0. The molecule has 2 aliphatic heterocycles. The highest BCUT2D eigenvalue weighted by atomic mass is 127. The van der Waals surface area contributed by atoms with Gasteiger partial charge in [-0.3, -0.25) is 9.89 Å². The summed E-state index contributed by atoms with van der Waals surface area (Å²) in [7, 11) is 0. The van der Waals surface area contributed by atoms with Gasteiger partial charge in [-0.15, -0.1) is 24.0 Å². The zero-order chi connectivity index (χ0) is 18.0. The zero-order valence-corrected chi connectivity index (χ0v) is 19.7. The van der Waals surface area contributed by atoms with E-state index in [1.54, 1.807) is 0 Å². The lowest BCUT2D eigenvalue weighted by Gasteiger charge is -2.29. The van der Waals surface area contributed by atoms with Crippen molar-refractivity contribution in [2.75, 3.05) is 59.0 Å². The first-order chi connectivity index (χ1) is 12.8. The van der Waals surface area contributed by atoms with Crippen LogP contribution in [0.25, 0.3) is 0 Å². The van der Waals surface area contributed by atoms with Gasteiger partial charge in [-0.1, -0.05) is 38.5 Å². The Morgan fingerprint density at radius 3 is 2.56 bits per heavy atom. The Bertz CT molecular complexity index is 422. The normalized spacial score (nSPS) is 25.0. The van der Waals surface area contributed by atoms with Crippen molar-refractivity contribution < 1.29 is 4.74 Å². The number of morpholine rings is 1. The molecule has 1 N–H and O–H groups in total. The molecule has 0 aromatic rings. The van der Waals surface area contributed by atoms with Crippen LogP contribution < -0.4 is 5.32 Å². The summed E-state index contributed by atoms with van der Waals surface area (Å²) in [5, 5.41) is 3.52. The maximum Gasteiger partial charge on any atom is 0.193 e. The number of halogens is 1. The monoisotopic (exact) mass is 492 g/mol. The first-order valence-electron chi connectivity index (χ1n) is 11.2. The van der Waals surface area contributed by atoms with Crippen LogP contribution in [0.4, 0.5) is 0 Å². The molecule has 6 heteroatoms. The third kappa shape index (κ3) is 8.05. The van der Waals surface area contributed by atoms with Crippen LogP contribution in [0, 0.1) is 11.8 Å². The highest BCUT2D eigenvalue weighted by molar-refractivity contribution is 14.0. The molecule has 1 aliphatic carbocycles. The molecule has 0 aromatic carbocycles. The van der Waals surface area contributed by atoms with Gasteiger partial charge in [0, 0.05) is 45.8 Å². The first-order valence-corrected chi connectivity index (χ1v) is 11.2. The van der Waals surface area contributed by atoms with E-state index in [9.17, 15) is 0 Å². The average molecular weight is 492 g/mol. The van der Waals surface area contributed by atoms with Gasteiger partial charge in [0.1, 0.15) is 0 Å². The molecule has 0 radical (unpaired) electrons. The topological polar surface area (TPSA) is 40.1 Å². The number of nitrogens with zero attached hydrogens (tertiary/aromatic N) is 3. The maximum absolute atomic E-state index is 5.47. The molecular formula is C21H41IN4O. The molecule has 2 saturated heterocycles. The molecule has 1 unspecified atom stereocenters. The van der Waals surface area contributed by atoms with Gasteiger partial charge in [0.15, 0.2) is 5.96 Å². The van der Waals surface area contributed by atoms with Crippen molar-refractivity contribution in [3.63, 3.8) is 0 Å². The second-order valence-corrected chi connectivity index (χ2v) is 8.40. The van der Waals surface area contributed by atoms with E-state index < -0.39 is 0 Å². The number of ether oxygens (including phenoxy) is 1. The molecule has 3 fully saturated rings. The summed E-state index contributed by atoms with van der Waals surface area (Å²) in [6.07, 6.45) is 11.2. The van der Waals surface area contributed by atoms with Gasteiger partial charge >= 0.3 is 0 Å². The molecule has 3 rings (SSSR count). The summed E-state index contributed by atoms with van der Waals surface area (Å²) in [4.78, 5) is 10.0. The number of hydrogen-bond donors (Lipinski definition) is 1. The lowest BCUT2D eigenvalue weighted by atomic mass is 10.0. The Morgan fingerprint density at radius 2 is 1.81 bits per heavy atom. The fourth-order valence-electron chi connectivity index (χ4n) is 4.78. The quantitative estimate of drug-likeness (QED) is 0.243. The minimum absolute atomic E-state index is 0. The van der Waals surface area contributed by atoms with Gasteiger partial charge in [0.05, 0.1) is 13.2 Å². The van der Waals surface area contributed by atoms with Crippen molar-refractivity contribution >= 4 is 29.9 Å². The summed E-state index contributed by atoms with van der Waals surface area (Å²) in [5.41, 5.74) is 0. The molecule has 1 atom stereocenters. The van der Waals surface area contributed by atoms with E-state index in [4.69, 9.17) is 9.73 Å². The molecule has 1 saturated carbocycles. The third-order valence-corrected chi connectivity index (χ3v) is 6.30. The molecule has 5 nitrogen and oxygen atoms in total. The highest BCUT2D eigenvalue weighted by Gasteiger charge is 2.27. The number of rotatable bonds is 8. The van der Waals surface area contributed by atoms with Crippen molar-refractivity contribution in [3.05, 3.63) is 0 Å². The van der Waals surface area contributed by atoms with E-state index in [1.807, 2.05) is 0 Å². The predicted octanol–water partition coefficient (Wildman–Crippen LogP) is 3.58. The van der Waals surface area contributed by atoms with Crippen LogP contribution in [-0.2, 0) is 4.74 Å². The largest absolute Gasteiger partial charge is 0.379 e. The van der Waals surface area contributed by atoms with Crippen LogP contribution >= 0.6 is 24.0 Å². The number of hydrogen-bond acceptors (Lipinski definition) is 3. The van der Waals surface area contributed by atoms with Gasteiger partial charge in [-0.25, -0.2) is 0 Å². The zero-order valence-electron chi connectivity index (χ0n) is 17.3. The molecule has 3 aliphatic rings. The number of guanidine groups is 1. The minimum atomic E-state index is 0. The van der Waals surface area contributed by atoms with Crippen LogP contribution in [0.1, 0.15) is 58.3 Å². The smallest absolute Gasteiger partial charge is 0.193 e. The van der Waals surface area contributed by atoms with Crippen LogP contribution in [0.3, 0.4) is 0 Å². The number of unbranched alkanes of at least 4 members (excludes halogenated alkanes) is 1. The average Bonchev–Trinajstić information content (AvgIpc) is 3.33. The molecule has 2 heterocycles. The predicted molar refractivity (Wildman–Crippen MR) is 124 cm³/mol. The number of nitrogens with one attached hydrogen (secondary N) is 1. The van der Waals surface area contributed by atoms with E-state index in [1.165, 1.54) is 57.9 Å². The Balaban J connectivity index is 0.00000261. The van der Waals surface area contributed by atoms with E-state index in [0.29, 0.717) is 0 Å². The molecule has 27 heavy (non-hydrogen) atoms. The summed E-state index contributed by atoms with van der Waals surface area (Å²) in [6.45, 7) is 11.7. The third-order valence-electron chi connectivity index (χ3n) is 6.30. The van der Waals surface area contributed by atoms with Crippen molar-refractivity contribution in [2.24, 2.45) is 16.8 Å². The van der Waals surface area contributed by atoms with Gasteiger partial charge < -0.3 is 15.0 Å². The molecule has 0 amide bonds. The summed E-state index contributed by atoms with van der Waals surface area (Å²) >= 11 is 0. The van der Waals surface area contributed by atoms with Gasteiger partial charge in [0.2, 0.25) is 0 Å². The van der Waals surface area contributed by atoms with Crippen LogP contribution in [0.2, 0.25) is 0 Å². The van der Waals surface area contributed by atoms with Crippen molar-refractivity contribution in [1.29, 1.82) is 0 Å². The van der Waals surface area contributed by atoms with Gasteiger partial charge in [-0.2, -0.15) is 0 Å². The standard InChI is InChI=1S/C21H40N4O.HI/c1-2-22-21(23-11-6-5-9-19-7-3-4-8-19)25-12-10-20(18-25)17-24-13-15-26-16-14-24;/h19-20H,2-18H2,1H3,(H,22,23);1H. The Kier molecular flexibility index (Phi) is 11.3. The van der Waals surface area contributed by atoms with Crippen molar-refractivity contribution in [3.8, 4) is 0 Å². The Labute approximate surface area is 183 Å². The van der Waals surface area contributed by atoms with Crippen LogP contribution in [0.5, 0.6) is 0 Å². The molecule has 0 bridgehead atoms. The maximum atomic E-state index is 5.47.